The van der Waals surface area contributed by atoms with E-state index in [0.29, 0.717) is 17.8 Å². The molecule has 3 nitrogen and oxygen atoms in total. The molecule has 80 valence electrons. The van der Waals surface area contributed by atoms with Gasteiger partial charge in [0.2, 0.25) is 0 Å². The Morgan fingerprint density at radius 1 is 0.786 bits per heavy atom. The summed E-state index contributed by atoms with van der Waals surface area (Å²) in [7, 11) is 0. The lowest BCUT2D eigenvalue weighted by Crippen LogP contribution is -2.57. The van der Waals surface area contributed by atoms with Crippen LogP contribution in [-0.4, -0.2) is 21.8 Å². The molecule has 0 aromatic carbocycles. The summed E-state index contributed by atoms with van der Waals surface area (Å²) in [4.78, 5) is 0. The van der Waals surface area contributed by atoms with Gasteiger partial charge in [0, 0.05) is 0 Å². The highest BCUT2D eigenvalue weighted by Gasteiger charge is 2.56. The van der Waals surface area contributed by atoms with Gasteiger partial charge in [-0.1, -0.05) is 24.6 Å². The lowest BCUT2D eigenvalue weighted by atomic mass is 9.35. The average molecular weight is 197 g/mol. The van der Waals surface area contributed by atoms with E-state index in [0.717, 1.165) is 19.3 Å². The van der Waals surface area contributed by atoms with Crippen LogP contribution in [0.1, 0.15) is 38.5 Å². The monoisotopic (exact) mass is 197 g/mol. The molecular formula is C10H18BO3-. The van der Waals surface area contributed by atoms with Gasteiger partial charge >= 0.3 is 6.75 Å². The Morgan fingerprint density at radius 3 is 1.43 bits per heavy atom. The Hall–Kier alpha value is -0.0551. The number of hydrogen-bond acceptors (Lipinski definition) is 3. The topological polar surface area (TPSA) is 60.7 Å². The fourth-order valence-corrected chi connectivity index (χ4v) is 4.65. The van der Waals surface area contributed by atoms with E-state index in [1.807, 2.05) is 0 Å². The van der Waals surface area contributed by atoms with Crippen molar-refractivity contribution in [1.82, 2.24) is 0 Å². The van der Waals surface area contributed by atoms with E-state index in [4.69, 9.17) is 0 Å². The molecule has 3 N–H and O–H groups in total. The highest BCUT2D eigenvalue weighted by atomic mass is 16.5. The lowest BCUT2D eigenvalue weighted by Gasteiger charge is -2.62. The van der Waals surface area contributed by atoms with Crippen LogP contribution in [0.15, 0.2) is 0 Å². The van der Waals surface area contributed by atoms with E-state index >= 15 is 0 Å². The third-order valence-corrected chi connectivity index (χ3v) is 4.91. The minimum atomic E-state index is -3.10. The van der Waals surface area contributed by atoms with E-state index in [9.17, 15) is 15.1 Å². The van der Waals surface area contributed by atoms with Crippen molar-refractivity contribution in [3.63, 3.8) is 0 Å². The van der Waals surface area contributed by atoms with Crippen LogP contribution in [0.5, 0.6) is 0 Å². The lowest BCUT2D eigenvalue weighted by molar-refractivity contribution is -0.00861. The molecule has 0 aliphatic heterocycles. The standard InChI is InChI=1S/C10H18BO3/c12-11(13,14)10-4-7-1-8(5-10)3-9(2-7)6-10/h7-9,12-14H,1-6H2/q-1. The SMILES string of the molecule is O[B-](O)(O)C12CC3CC(CC(C3)C1)C2. The van der Waals surface area contributed by atoms with Crippen LogP contribution in [-0.2, 0) is 0 Å². The second-order valence-electron chi connectivity index (χ2n) is 6.01. The molecule has 0 radical (unpaired) electrons. The van der Waals surface area contributed by atoms with Gasteiger partial charge < -0.3 is 15.1 Å². The van der Waals surface area contributed by atoms with Crippen molar-refractivity contribution in [2.24, 2.45) is 17.8 Å². The van der Waals surface area contributed by atoms with Gasteiger partial charge in [-0.15, -0.1) is 0 Å². The molecule has 0 amide bonds. The molecule has 0 unspecified atom stereocenters. The average Bonchev–Trinajstić information content (AvgIpc) is 1.98. The second-order valence-corrected chi connectivity index (χ2v) is 6.01. The molecule has 4 aliphatic carbocycles. The molecule has 0 spiro atoms. The van der Waals surface area contributed by atoms with Crippen molar-refractivity contribution in [3.8, 4) is 0 Å². The predicted molar refractivity (Wildman–Crippen MR) is 53.3 cm³/mol. The van der Waals surface area contributed by atoms with E-state index in [-0.39, 0.29) is 0 Å². The largest absolute Gasteiger partial charge is 0.559 e. The maximum Gasteiger partial charge on any atom is 0.378 e. The van der Waals surface area contributed by atoms with E-state index in [2.05, 4.69) is 0 Å². The molecule has 4 fully saturated rings. The summed E-state index contributed by atoms with van der Waals surface area (Å²) in [5, 5.41) is 28.1. The van der Waals surface area contributed by atoms with Crippen LogP contribution >= 0.6 is 0 Å². The minimum absolute atomic E-state index is 0.533. The Balaban J connectivity index is 1.95. The van der Waals surface area contributed by atoms with Crippen molar-refractivity contribution in [2.75, 3.05) is 0 Å². The van der Waals surface area contributed by atoms with Crippen molar-refractivity contribution < 1.29 is 15.1 Å². The molecule has 4 rings (SSSR count). The molecule has 0 saturated heterocycles. The summed E-state index contributed by atoms with van der Waals surface area (Å²) < 4.78 is 0. The summed E-state index contributed by atoms with van der Waals surface area (Å²) in [6.45, 7) is -3.10. The first-order valence-electron chi connectivity index (χ1n) is 5.80. The van der Waals surface area contributed by atoms with Crippen molar-refractivity contribution in [3.05, 3.63) is 0 Å². The number of rotatable bonds is 1. The minimum Gasteiger partial charge on any atom is -0.559 e. The summed E-state index contributed by atoms with van der Waals surface area (Å²) in [6.07, 6.45) is 6.27. The first kappa shape index (κ1) is 9.19. The van der Waals surface area contributed by atoms with Gasteiger partial charge in [-0.25, -0.2) is 0 Å². The van der Waals surface area contributed by atoms with Crippen LogP contribution in [0.3, 0.4) is 0 Å². The second kappa shape index (κ2) is 2.54. The summed E-state index contributed by atoms with van der Waals surface area (Å²) in [6, 6.07) is 0. The highest BCUT2D eigenvalue weighted by molar-refractivity contribution is 6.60. The molecule has 0 aromatic heterocycles. The zero-order valence-corrected chi connectivity index (χ0v) is 8.39. The first-order valence-corrected chi connectivity index (χ1v) is 5.80. The van der Waals surface area contributed by atoms with Gasteiger partial charge in [0.25, 0.3) is 0 Å². The zero-order valence-electron chi connectivity index (χ0n) is 8.39. The third kappa shape index (κ3) is 1.11. The molecule has 4 aliphatic rings. The Morgan fingerprint density at radius 2 is 1.14 bits per heavy atom. The molecule has 4 heteroatoms. The quantitative estimate of drug-likeness (QED) is 0.546. The smallest absolute Gasteiger partial charge is 0.378 e. The maximum atomic E-state index is 9.56. The van der Waals surface area contributed by atoms with Gasteiger partial charge in [-0.05, 0) is 37.0 Å². The zero-order chi connectivity index (χ0) is 9.97. The fourth-order valence-electron chi connectivity index (χ4n) is 4.65. The van der Waals surface area contributed by atoms with Gasteiger partial charge in [-0.2, -0.15) is 0 Å². The Labute approximate surface area is 84.2 Å². The Bertz CT molecular complexity index is 223. The molecule has 4 bridgehead atoms. The van der Waals surface area contributed by atoms with Crippen LogP contribution in [0.2, 0.25) is 5.31 Å². The van der Waals surface area contributed by atoms with Crippen LogP contribution in [0.25, 0.3) is 0 Å². The Kier molecular flexibility index (Phi) is 1.67. The molecule has 0 aromatic rings. The molecule has 0 heterocycles. The molecule has 0 atom stereocenters. The van der Waals surface area contributed by atoms with Gasteiger partial charge in [-0.3, -0.25) is 0 Å². The fraction of sp³-hybridized carbons (Fsp3) is 1.00. The molecule has 4 saturated carbocycles. The van der Waals surface area contributed by atoms with Crippen LogP contribution in [0, 0.1) is 17.8 Å². The van der Waals surface area contributed by atoms with Crippen LogP contribution in [0.4, 0.5) is 0 Å². The predicted octanol–water partition coefficient (Wildman–Crippen LogP) is 0.873. The van der Waals surface area contributed by atoms with Gasteiger partial charge in [0.15, 0.2) is 0 Å². The van der Waals surface area contributed by atoms with Gasteiger partial charge in [0.05, 0.1) is 0 Å². The van der Waals surface area contributed by atoms with Crippen molar-refractivity contribution >= 4 is 6.75 Å². The van der Waals surface area contributed by atoms with E-state index in [1.165, 1.54) is 19.3 Å². The van der Waals surface area contributed by atoms with Crippen LogP contribution < -0.4 is 0 Å². The maximum absolute atomic E-state index is 9.56. The third-order valence-electron chi connectivity index (χ3n) is 4.91. The summed E-state index contributed by atoms with van der Waals surface area (Å²) in [5.74, 6) is 1.94. The normalized spacial score (nSPS) is 51.2. The molecule has 14 heavy (non-hydrogen) atoms. The van der Waals surface area contributed by atoms with Gasteiger partial charge in [0.1, 0.15) is 0 Å². The molecular weight excluding hydrogens is 179 g/mol. The number of hydrogen-bond donors (Lipinski definition) is 3. The van der Waals surface area contributed by atoms with E-state index < -0.39 is 12.1 Å². The van der Waals surface area contributed by atoms with Crippen molar-refractivity contribution in [1.29, 1.82) is 0 Å². The van der Waals surface area contributed by atoms with Crippen molar-refractivity contribution in [2.45, 2.75) is 43.8 Å². The summed E-state index contributed by atoms with van der Waals surface area (Å²) in [5.41, 5.74) is 0. The highest BCUT2D eigenvalue weighted by Crippen LogP contribution is 2.66. The first-order chi connectivity index (χ1) is 6.48. The van der Waals surface area contributed by atoms with E-state index in [1.54, 1.807) is 0 Å². The summed E-state index contributed by atoms with van der Waals surface area (Å²) >= 11 is 0.